The molecule has 4 fully saturated rings. The number of sulfonamides is 1. The molecule has 0 N–H and O–H groups in total. The van der Waals surface area contributed by atoms with Gasteiger partial charge in [0.25, 0.3) is 0 Å². The van der Waals surface area contributed by atoms with Gasteiger partial charge in [0.15, 0.2) is 0 Å². The molecule has 6 atom stereocenters. The first kappa shape index (κ1) is 15.4. The molecule has 25 heavy (non-hydrogen) atoms. The molecule has 0 aromatic heterocycles. The number of alkyl halides is 3. The first-order valence-corrected chi connectivity index (χ1v) is 9.17. The third-order valence-corrected chi connectivity index (χ3v) is 7.72. The summed E-state index contributed by atoms with van der Waals surface area (Å²) in [6, 6.07) is 4.47. The van der Waals surface area contributed by atoms with E-state index >= 15 is 0 Å². The molecule has 0 amide bonds. The van der Waals surface area contributed by atoms with Crippen LogP contribution in [0.2, 0.25) is 0 Å². The van der Waals surface area contributed by atoms with E-state index < -0.39 is 38.7 Å². The number of nitrogens with zero attached hydrogens (tertiary/aromatic N) is 2. The smallest absolute Gasteiger partial charge is 0.368 e. The Morgan fingerprint density at radius 1 is 1.16 bits per heavy atom. The van der Waals surface area contributed by atoms with Crippen molar-refractivity contribution in [2.45, 2.75) is 35.8 Å². The number of epoxide rings is 1. The molecule has 2 bridgehead atoms. The Labute approximate surface area is 140 Å². The van der Waals surface area contributed by atoms with Gasteiger partial charge in [0.05, 0.1) is 29.0 Å². The number of anilines is 1. The average Bonchev–Trinajstić information content (AvgIpc) is 3.05. The summed E-state index contributed by atoms with van der Waals surface area (Å²) in [6.45, 7) is 0.0595. The molecular formula is C15H11F3N2O4S. The third kappa shape index (κ3) is 1.89. The van der Waals surface area contributed by atoms with Crippen molar-refractivity contribution in [1.82, 2.24) is 0 Å². The minimum atomic E-state index is -4.74. The molecule has 1 aromatic carbocycles. The van der Waals surface area contributed by atoms with Crippen molar-refractivity contribution < 1.29 is 31.1 Å². The van der Waals surface area contributed by atoms with E-state index in [1.165, 1.54) is 12.1 Å². The summed E-state index contributed by atoms with van der Waals surface area (Å²) in [5.74, 6) is -0.316. The minimum Gasteiger partial charge on any atom is -0.368 e. The zero-order valence-electron chi connectivity index (χ0n) is 12.5. The van der Waals surface area contributed by atoms with Crippen LogP contribution in [-0.2, 0) is 25.7 Å². The van der Waals surface area contributed by atoms with Crippen molar-refractivity contribution in [3.63, 3.8) is 0 Å². The zero-order valence-corrected chi connectivity index (χ0v) is 13.3. The van der Waals surface area contributed by atoms with Crippen LogP contribution < -0.4 is 4.31 Å². The van der Waals surface area contributed by atoms with Crippen LogP contribution in [0.25, 0.3) is 0 Å². The summed E-state index contributed by atoms with van der Waals surface area (Å²) < 4.78 is 77.4. The van der Waals surface area contributed by atoms with Gasteiger partial charge in [-0.25, -0.2) is 8.42 Å². The predicted octanol–water partition coefficient (Wildman–Crippen LogP) is 1.26. The van der Waals surface area contributed by atoms with Crippen molar-refractivity contribution in [1.29, 1.82) is 5.26 Å². The van der Waals surface area contributed by atoms with Crippen LogP contribution in [-0.4, -0.2) is 44.6 Å². The number of hydrogen-bond acceptors (Lipinski definition) is 5. The Morgan fingerprint density at radius 2 is 1.84 bits per heavy atom. The van der Waals surface area contributed by atoms with Crippen LogP contribution in [0.1, 0.15) is 11.1 Å². The van der Waals surface area contributed by atoms with E-state index in [4.69, 9.17) is 14.7 Å². The van der Waals surface area contributed by atoms with Crippen LogP contribution in [0, 0.1) is 17.2 Å². The molecule has 5 rings (SSSR count). The standard InChI is InChI=1S/C15H11F3N2O4S/c16-15(17,18)9-3-7(2-1-6(9)4-19)20-5-8-10-11-12(24-11)13(23-10)14(8)25(20,21)22/h1-3,8,10-14H,5H2/t8-,10+,11+,12+,13+,14-/m0/s1. The molecular weight excluding hydrogens is 361 g/mol. The van der Waals surface area contributed by atoms with E-state index in [0.29, 0.717) is 0 Å². The average molecular weight is 372 g/mol. The minimum absolute atomic E-state index is 0.0595. The van der Waals surface area contributed by atoms with Crippen molar-refractivity contribution in [3.8, 4) is 6.07 Å². The summed E-state index contributed by atoms with van der Waals surface area (Å²) in [5, 5.41) is 8.09. The Bertz CT molecular complexity index is 926. The second-order valence-electron chi connectivity index (χ2n) is 6.67. The topological polar surface area (TPSA) is 82.9 Å². The van der Waals surface area contributed by atoms with E-state index in [-0.39, 0.29) is 36.5 Å². The Hall–Kier alpha value is -1.83. The van der Waals surface area contributed by atoms with E-state index in [2.05, 4.69) is 0 Å². The fourth-order valence-electron chi connectivity index (χ4n) is 4.35. The molecule has 0 unspecified atom stereocenters. The van der Waals surface area contributed by atoms with Crippen molar-refractivity contribution in [2.24, 2.45) is 5.92 Å². The van der Waals surface area contributed by atoms with Gasteiger partial charge in [0.2, 0.25) is 10.0 Å². The molecule has 4 aliphatic heterocycles. The van der Waals surface area contributed by atoms with Gasteiger partial charge in [-0.1, -0.05) is 0 Å². The number of rotatable bonds is 1. The molecule has 0 saturated carbocycles. The van der Waals surface area contributed by atoms with E-state index in [1.54, 1.807) is 0 Å². The summed E-state index contributed by atoms with van der Waals surface area (Å²) in [7, 11) is -3.86. The van der Waals surface area contributed by atoms with E-state index in [9.17, 15) is 21.6 Å². The lowest BCUT2D eigenvalue weighted by Crippen LogP contribution is -2.39. The lowest BCUT2D eigenvalue weighted by molar-refractivity contribution is -0.137. The summed E-state index contributed by atoms with van der Waals surface area (Å²) >= 11 is 0. The van der Waals surface area contributed by atoms with Crippen LogP contribution in [0.4, 0.5) is 18.9 Å². The van der Waals surface area contributed by atoms with Crippen LogP contribution in [0.3, 0.4) is 0 Å². The van der Waals surface area contributed by atoms with Crippen molar-refractivity contribution in [3.05, 3.63) is 29.3 Å². The quantitative estimate of drug-likeness (QED) is 0.693. The first-order valence-electron chi connectivity index (χ1n) is 7.67. The number of benzene rings is 1. The molecule has 4 heterocycles. The second-order valence-corrected chi connectivity index (χ2v) is 8.69. The van der Waals surface area contributed by atoms with Gasteiger partial charge >= 0.3 is 6.18 Å². The maximum atomic E-state index is 13.2. The van der Waals surface area contributed by atoms with E-state index in [1.807, 2.05) is 0 Å². The number of halogens is 3. The van der Waals surface area contributed by atoms with Gasteiger partial charge in [-0.05, 0) is 18.2 Å². The van der Waals surface area contributed by atoms with Crippen LogP contribution >= 0.6 is 0 Å². The largest absolute Gasteiger partial charge is 0.417 e. The molecule has 0 spiro atoms. The molecule has 132 valence electrons. The SMILES string of the molecule is N#Cc1ccc(N2C[C@H]3[C@H]4O[C@H]([C@@H]5O[C@@H]54)[C@H]3S2(=O)=O)cc1C(F)(F)F. The van der Waals surface area contributed by atoms with Crippen LogP contribution in [0.15, 0.2) is 18.2 Å². The van der Waals surface area contributed by atoms with E-state index in [0.717, 1.165) is 16.4 Å². The van der Waals surface area contributed by atoms with Crippen LogP contribution in [0.5, 0.6) is 0 Å². The Morgan fingerprint density at radius 3 is 2.52 bits per heavy atom. The highest BCUT2D eigenvalue weighted by molar-refractivity contribution is 7.93. The number of nitriles is 1. The lowest BCUT2D eigenvalue weighted by atomic mass is 9.89. The summed E-state index contributed by atoms with van der Waals surface area (Å²) in [6.07, 6.45) is -5.91. The second kappa shape index (κ2) is 4.47. The highest BCUT2D eigenvalue weighted by Crippen LogP contribution is 2.56. The van der Waals surface area contributed by atoms with Gasteiger partial charge in [0.1, 0.15) is 23.6 Å². The summed E-state index contributed by atoms with van der Waals surface area (Å²) in [5.41, 5.74) is -1.74. The van der Waals surface area contributed by atoms with Gasteiger partial charge in [0, 0.05) is 12.5 Å². The number of fused-ring (bicyclic) bond motifs is 8. The molecule has 10 heteroatoms. The highest BCUT2D eigenvalue weighted by Gasteiger charge is 2.74. The van der Waals surface area contributed by atoms with Gasteiger partial charge < -0.3 is 9.47 Å². The molecule has 0 aliphatic carbocycles. The molecule has 6 nitrogen and oxygen atoms in total. The molecule has 4 saturated heterocycles. The maximum Gasteiger partial charge on any atom is 0.417 e. The zero-order chi connectivity index (χ0) is 17.7. The van der Waals surface area contributed by atoms with Gasteiger partial charge in [-0.15, -0.1) is 0 Å². The molecule has 4 aliphatic rings. The molecule has 0 radical (unpaired) electrons. The van der Waals surface area contributed by atoms with Gasteiger partial charge in [-0.2, -0.15) is 18.4 Å². The molecule has 1 aromatic rings. The van der Waals surface area contributed by atoms with Gasteiger partial charge in [-0.3, -0.25) is 4.31 Å². The number of ether oxygens (including phenoxy) is 2. The highest BCUT2D eigenvalue weighted by atomic mass is 32.2. The Balaban J connectivity index is 1.56. The van der Waals surface area contributed by atoms with Crippen molar-refractivity contribution >= 4 is 15.7 Å². The fraction of sp³-hybridized carbons (Fsp3) is 0.533. The third-order valence-electron chi connectivity index (χ3n) is 5.44. The van der Waals surface area contributed by atoms with Crippen molar-refractivity contribution in [2.75, 3.05) is 10.8 Å². The first-order chi connectivity index (χ1) is 11.7. The number of hydrogen-bond donors (Lipinski definition) is 0. The maximum absolute atomic E-state index is 13.2. The lowest BCUT2D eigenvalue weighted by Gasteiger charge is -2.22. The Kier molecular flexibility index (Phi) is 2.76. The summed E-state index contributed by atoms with van der Waals surface area (Å²) in [4.78, 5) is 0. The predicted molar refractivity (Wildman–Crippen MR) is 77.0 cm³/mol. The normalized spacial score (nSPS) is 39.8. The monoisotopic (exact) mass is 372 g/mol. The fourth-order valence-corrected chi connectivity index (χ4v) is 6.67.